The van der Waals surface area contributed by atoms with Crippen molar-refractivity contribution in [2.45, 2.75) is 75.5 Å². The average Bonchev–Trinajstić information content (AvgIpc) is 3.95. The van der Waals surface area contributed by atoms with Crippen molar-refractivity contribution < 1.29 is 9.59 Å². The van der Waals surface area contributed by atoms with Gasteiger partial charge >= 0.3 is 0 Å². The third-order valence-electron chi connectivity index (χ3n) is 10.4. The Balaban J connectivity index is 0.944. The van der Waals surface area contributed by atoms with E-state index < -0.39 is 0 Å². The molecule has 4 fully saturated rings. The van der Waals surface area contributed by atoms with Crippen LogP contribution in [0.2, 0.25) is 0 Å². The van der Waals surface area contributed by atoms with Crippen LogP contribution < -0.4 is 0 Å². The standard InChI is InChI=1S/C38H38N6O2/c45-23-29-5-1-7-33(29)43-19-3-9-35(43)37-39-21-31(41-37)27-15-11-25(12-16-27)26-13-17-28(18-14-26)32-22-40-38(42-32)36-10-4-20-44(36)34-8-2-6-30(34)24-46/h7-8,11-18,21-22,33-36H,1-6,9-10,19-20H2,(H,39,41)(H,40,42)/t33-,34?,35?,36?/m0/s1. The van der Waals surface area contributed by atoms with Crippen LogP contribution in [0.25, 0.3) is 33.6 Å². The molecule has 2 saturated carbocycles. The lowest BCUT2D eigenvalue weighted by Gasteiger charge is -2.29. The maximum absolute atomic E-state index is 11.5. The zero-order chi connectivity index (χ0) is 31.0. The van der Waals surface area contributed by atoms with Crippen LogP contribution in [0, 0.1) is 12.8 Å². The third-order valence-corrected chi connectivity index (χ3v) is 10.4. The first-order valence-corrected chi connectivity index (χ1v) is 16.7. The molecule has 4 aromatic rings. The van der Waals surface area contributed by atoms with Crippen LogP contribution in [0.3, 0.4) is 0 Å². The summed E-state index contributed by atoms with van der Waals surface area (Å²) in [5.41, 5.74) is 8.26. The highest BCUT2D eigenvalue weighted by atomic mass is 16.1. The fraction of sp³-hybridized carbons (Fsp3) is 0.368. The summed E-state index contributed by atoms with van der Waals surface area (Å²) >= 11 is 0. The van der Waals surface area contributed by atoms with E-state index in [-0.39, 0.29) is 24.2 Å². The van der Waals surface area contributed by atoms with Gasteiger partial charge in [0.15, 0.2) is 0 Å². The first-order chi connectivity index (χ1) is 22.7. The quantitative estimate of drug-likeness (QED) is 0.227. The lowest BCUT2D eigenvalue weighted by atomic mass is 10.0. The molecule has 8 heteroatoms. The van der Waals surface area contributed by atoms with Crippen molar-refractivity contribution in [1.29, 1.82) is 0 Å². The first-order valence-electron chi connectivity index (χ1n) is 16.7. The number of H-pyrrole nitrogens is 2. The first kappa shape index (κ1) is 29.1. The summed E-state index contributed by atoms with van der Waals surface area (Å²) in [6.45, 7) is 1.95. The van der Waals surface area contributed by atoms with E-state index in [1.54, 1.807) is 0 Å². The second-order valence-corrected chi connectivity index (χ2v) is 13.0. The maximum atomic E-state index is 11.5. The number of aromatic nitrogens is 4. The lowest BCUT2D eigenvalue weighted by Crippen LogP contribution is -2.34. The number of hydrogen-bond donors (Lipinski definition) is 2. The molecule has 8 rings (SSSR count). The molecular formula is C38H38N6O2. The Morgan fingerprint density at radius 2 is 1.02 bits per heavy atom. The van der Waals surface area contributed by atoms with Gasteiger partial charge in [-0.3, -0.25) is 9.80 Å². The summed E-state index contributed by atoms with van der Waals surface area (Å²) < 4.78 is 0. The summed E-state index contributed by atoms with van der Waals surface area (Å²) in [7, 11) is 0. The van der Waals surface area contributed by atoms with Crippen molar-refractivity contribution in [2.75, 3.05) is 13.1 Å². The maximum Gasteiger partial charge on any atom is 0.125 e. The number of hydrogen-bond acceptors (Lipinski definition) is 6. The second kappa shape index (κ2) is 12.5. The van der Waals surface area contributed by atoms with Gasteiger partial charge in [0.25, 0.3) is 0 Å². The zero-order valence-electron chi connectivity index (χ0n) is 25.9. The highest BCUT2D eigenvalue weighted by Gasteiger charge is 2.39. The number of aromatic amines is 2. The van der Waals surface area contributed by atoms with E-state index in [0.717, 1.165) is 121 Å². The fourth-order valence-corrected chi connectivity index (χ4v) is 8.09. The predicted octanol–water partition coefficient (Wildman–Crippen LogP) is 6.66. The van der Waals surface area contributed by atoms with Crippen molar-refractivity contribution in [3.05, 3.63) is 96.6 Å². The Hall–Kier alpha value is -4.32. The molecule has 2 aromatic carbocycles. The van der Waals surface area contributed by atoms with Crippen LogP contribution in [0.5, 0.6) is 0 Å². The van der Waals surface area contributed by atoms with Crippen LogP contribution >= 0.6 is 0 Å². The highest BCUT2D eigenvalue weighted by molar-refractivity contribution is 5.71. The Labute approximate surface area is 269 Å². The Morgan fingerprint density at radius 1 is 0.609 bits per heavy atom. The molecule has 2 aliphatic carbocycles. The Morgan fingerprint density at radius 3 is 1.43 bits per heavy atom. The van der Waals surface area contributed by atoms with Gasteiger partial charge in [-0.05, 0) is 99.6 Å². The van der Waals surface area contributed by atoms with Crippen LogP contribution in [0.1, 0.15) is 75.1 Å². The van der Waals surface area contributed by atoms with E-state index >= 15 is 0 Å². The summed E-state index contributed by atoms with van der Waals surface area (Å²) in [6.07, 6.45) is 16.2. The van der Waals surface area contributed by atoms with E-state index in [1.807, 2.05) is 12.4 Å². The normalized spacial score (nSPS) is 25.4. The van der Waals surface area contributed by atoms with Gasteiger partial charge in [-0.1, -0.05) is 48.5 Å². The number of likely N-dealkylation sites (tertiary alicyclic amines) is 2. The average molecular weight is 611 g/mol. The number of nitrogens with zero attached hydrogens (tertiary/aromatic N) is 4. The largest absolute Gasteiger partial charge is 0.341 e. The van der Waals surface area contributed by atoms with Crippen molar-refractivity contribution in [2.24, 2.45) is 0 Å². The number of nitrogens with one attached hydrogen (secondary N) is 2. The van der Waals surface area contributed by atoms with Crippen molar-refractivity contribution in [3.63, 3.8) is 0 Å². The summed E-state index contributed by atoms with van der Waals surface area (Å²) in [5.74, 6) is 6.33. The molecule has 2 saturated heterocycles. The van der Waals surface area contributed by atoms with Gasteiger partial charge in [0.1, 0.15) is 23.5 Å². The van der Waals surface area contributed by atoms with Crippen LogP contribution in [-0.4, -0.2) is 66.8 Å². The smallest absolute Gasteiger partial charge is 0.125 e. The molecule has 4 aliphatic rings. The van der Waals surface area contributed by atoms with E-state index in [1.165, 1.54) is 0 Å². The van der Waals surface area contributed by atoms with E-state index in [0.29, 0.717) is 0 Å². The molecule has 2 aromatic heterocycles. The monoisotopic (exact) mass is 610 g/mol. The zero-order valence-corrected chi connectivity index (χ0v) is 25.9. The predicted molar refractivity (Wildman–Crippen MR) is 177 cm³/mol. The van der Waals surface area contributed by atoms with Crippen LogP contribution in [0.15, 0.2) is 72.1 Å². The molecule has 4 heterocycles. The Kier molecular flexibility index (Phi) is 7.89. The van der Waals surface area contributed by atoms with Gasteiger partial charge in [-0.15, -0.1) is 0 Å². The molecule has 2 aliphatic heterocycles. The van der Waals surface area contributed by atoms with Crippen molar-refractivity contribution in [1.82, 2.24) is 29.7 Å². The van der Waals surface area contributed by atoms with Gasteiger partial charge < -0.3 is 9.97 Å². The van der Waals surface area contributed by atoms with Crippen LogP contribution in [-0.2, 0) is 9.59 Å². The molecule has 46 heavy (non-hydrogen) atoms. The molecule has 4 atom stereocenters. The van der Waals surface area contributed by atoms with Gasteiger partial charge in [0.2, 0.25) is 0 Å². The number of carbonyl (C=O) groups excluding carboxylic acids is 2. The van der Waals surface area contributed by atoms with E-state index in [9.17, 15) is 9.59 Å². The molecule has 3 unspecified atom stereocenters. The van der Waals surface area contributed by atoms with Gasteiger partial charge in [0.05, 0.1) is 35.9 Å². The molecule has 0 amide bonds. The molecule has 0 bridgehead atoms. The second-order valence-electron chi connectivity index (χ2n) is 13.0. The topological polar surface area (TPSA) is 98.0 Å². The molecule has 8 nitrogen and oxygen atoms in total. The number of rotatable bonds is 7. The molecule has 232 valence electrons. The van der Waals surface area contributed by atoms with Gasteiger partial charge in [0, 0.05) is 23.2 Å². The number of benzene rings is 2. The third kappa shape index (κ3) is 5.32. The minimum Gasteiger partial charge on any atom is -0.341 e. The molecule has 2 N–H and O–H groups in total. The van der Waals surface area contributed by atoms with E-state index in [2.05, 4.69) is 93.0 Å². The highest BCUT2D eigenvalue weighted by Crippen LogP contribution is 2.40. The molecular weight excluding hydrogens is 572 g/mol. The number of imidazole rings is 2. The fourth-order valence-electron chi connectivity index (χ4n) is 8.09. The SMILES string of the molecule is O=C=C1CC[CH]C1N1CCCC1c1ncc(-c2ccc(-c3ccc(-c4cnc(C5CCCN5[C@H]5[CH]CCC5=C=O)[nH]4)cc3)cc2)[nH]1. The Bertz CT molecular complexity index is 1670. The molecule has 2 radical (unpaired) electrons. The van der Waals surface area contributed by atoms with Crippen LogP contribution in [0.4, 0.5) is 0 Å². The minimum atomic E-state index is 0.0907. The van der Waals surface area contributed by atoms with E-state index in [4.69, 9.17) is 9.97 Å². The lowest BCUT2D eigenvalue weighted by molar-refractivity contribution is 0.223. The van der Waals surface area contributed by atoms with Crippen molar-refractivity contribution in [3.8, 4) is 33.6 Å². The van der Waals surface area contributed by atoms with Crippen molar-refractivity contribution >= 4 is 11.9 Å². The molecule has 0 spiro atoms. The minimum absolute atomic E-state index is 0.0907. The summed E-state index contributed by atoms with van der Waals surface area (Å²) in [5, 5.41) is 0. The summed E-state index contributed by atoms with van der Waals surface area (Å²) in [4.78, 5) is 44.5. The van der Waals surface area contributed by atoms with Gasteiger partial charge in [-0.2, -0.15) is 0 Å². The van der Waals surface area contributed by atoms with Gasteiger partial charge in [-0.25, -0.2) is 19.6 Å². The summed E-state index contributed by atoms with van der Waals surface area (Å²) in [6, 6.07) is 17.8.